The van der Waals surface area contributed by atoms with Crippen LogP contribution in [0.3, 0.4) is 0 Å². The van der Waals surface area contributed by atoms with Crippen LogP contribution in [0.5, 0.6) is 5.75 Å². The van der Waals surface area contributed by atoms with Crippen LogP contribution in [0.1, 0.15) is 12.0 Å². The number of hydrogen-bond acceptors (Lipinski definition) is 3. The number of carbonyl (C=O) groups is 2. The summed E-state index contributed by atoms with van der Waals surface area (Å²) in [7, 11) is 1.54. The molecule has 132 valence electrons. The van der Waals surface area contributed by atoms with Crippen LogP contribution in [0.25, 0.3) is 0 Å². The molecular formula is C18H18Cl2N2O3. The maximum absolute atomic E-state index is 11.9. The Morgan fingerprint density at radius 1 is 1.08 bits per heavy atom. The van der Waals surface area contributed by atoms with Crippen molar-refractivity contribution < 1.29 is 14.3 Å². The van der Waals surface area contributed by atoms with Gasteiger partial charge in [0.25, 0.3) is 0 Å². The molecule has 25 heavy (non-hydrogen) atoms. The van der Waals surface area contributed by atoms with E-state index in [1.54, 1.807) is 43.5 Å². The molecule has 0 radical (unpaired) electrons. The van der Waals surface area contributed by atoms with Crippen LogP contribution in [0, 0.1) is 0 Å². The van der Waals surface area contributed by atoms with Gasteiger partial charge in [-0.3, -0.25) is 9.59 Å². The number of rotatable bonds is 7. The first-order valence-corrected chi connectivity index (χ1v) is 8.38. The molecule has 0 atom stereocenters. The zero-order valence-electron chi connectivity index (χ0n) is 13.6. The topological polar surface area (TPSA) is 67.4 Å². The van der Waals surface area contributed by atoms with Crippen LogP contribution in [0.2, 0.25) is 10.0 Å². The summed E-state index contributed by atoms with van der Waals surface area (Å²) in [6, 6.07) is 12.1. The normalized spacial score (nSPS) is 10.2. The van der Waals surface area contributed by atoms with Gasteiger partial charge in [0.05, 0.1) is 7.11 Å². The highest BCUT2D eigenvalue weighted by Crippen LogP contribution is 2.21. The third-order valence-corrected chi connectivity index (χ3v) is 3.99. The molecule has 0 fully saturated rings. The second-order valence-electron chi connectivity index (χ2n) is 5.29. The fraction of sp³-hybridized carbons (Fsp3) is 0.222. The van der Waals surface area contributed by atoms with E-state index in [0.29, 0.717) is 34.4 Å². The second kappa shape index (κ2) is 9.30. The fourth-order valence-electron chi connectivity index (χ4n) is 2.18. The molecule has 2 amide bonds. The van der Waals surface area contributed by atoms with Crippen LogP contribution in [-0.4, -0.2) is 25.5 Å². The minimum atomic E-state index is -0.393. The summed E-state index contributed by atoms with van der Waals surface area (Å²) in [5.74, 6) is -0.122. The molecule has 0 heterocycles. The number of amides is 2. The molecule has 2 N–H and O–H groups in total. The first-order valence-electron chi connectivity index (χ1n) is 7.62. The van der Waals surface area contributed by atoms with Gasteiger partial charge in [0.2, 0.25) is 11.8 Å². The van der Waals surface area contributed by atoms with E-state index in [2.05, 4.69) is 10.6 Å². The molecule has 5 nitrogen and oxygen atoms in total. The lowest BCUT2D eigenvalue weighted by Crippen LogP contribution is -2.29. The first kappa shape index (κ1) is 19.1. The lowest BCUT2D eigenvalue weighted by molar-refractivity contribution is -0.126. The second-order valence-corrected chi connectivity index (χ2v) is 6.14. The molecule has 2 aromatic rings. The third kappa shape index (κ3) is 6.29. The minimum Gasteiger partial charge on any atom is -0.497 e. The van der Waals surface area contributed by atoms with Crippen LogP contribution in [-0.2, 0) is 16.0 Å². The molecule has 0 spiro atoms. The van der Waals surface area contributed by atoms with Crippen molar-refractivity contribution in [3.63, 3.8) is 0 Å². The molecule has 0 aromatic heterocycles. The van der Waals surface area contributed by atoms with Gasteiger partial charge in [-0.25, -0.2) is 0 Å². The van der Waals surface area contributed by atoms with E-state index in [0.717, 1.165) is 5.56 Å². The van der Waals surface area contributed by atoms with Gasteiger partial charge in [0.1, 0.15) is 12.2 Å². The predicted molar refractivity (Wildman–Crippen MR) is 99.4 cm³/mol. The molecule has 0 saturated carbocycles. The largest absolute Gasteiger partial charge is 0.497 e. The summed E-state index contributed by atoms with van der Waals surface area (Å²) in [4.78, 5) is 23.7. The van der Waals surface area contributed by atoms with E-state index in [1.165, 1.54) is 0 Å². The minimum absolute atomic E-state index is 0.258. The Bertz CT molecular complexity index is 766. The lowest BCUT2D eigenvalue weighted by atomic mass is 10.1. The molecule has 0 aliphatic carbocycles. The van der Waals surface area contributed by atoms with Crippen molar-refractivity contribution in [2.24, 2.45) is 0 Å². The number of hydrogen-bond donors (Lipinski definition) is 2. The Balaban J connectivity index is 1.76. The summed E-state index contributed by atoms with van der Waals surface area (Å²) in [6.07, 6.45) is 0.296. The summed E-state index contributed by atoms with van der Waals surface area (Å²) in [6.45, 7) is 0.382. The molecule has 2 aromatic carbocycles. The van der Waals surface area contributed by atoms with Crippen molar-refractivity contribution in [1.82, 2.24) is 5.32 Å². The third-order valence-electron chi connectivity index (χ3n) is 3.41. The number of ether oxygens (including phenoxy) is 1. The quantitative estimate of drug-likeness (QED) is 0.719. The summed E-state index contributed by atoms with van der Waals surface area (Å²) in [5.41, 5.74) is 1.46. The number of halogens is 2. The van der Waals surface area contributed by atoms with Crippen LogP contribution < -0.4 is 15.4 Å². The van der Waals surface area contributed by atoms with Gasteiger partial charge in [-0.1, -0.05) is 35.3 Å². The van der Waals surface area contributed by atoms with Crippen LogP contribution in [0.15, 0.2) is 42.5 Å². The molecular weight excluding hydrogens is 363 g/mol. The van der Waals surface area contributed by atoms with Gasteiger partial charge >= 0.3 is 0 Å². The highest BCUT2D eigenvalue weighted by Gasteiger charge is 2.10. The van der Waals surface area contributed by atoms with Crippen molar-refractivity contribution >= 4 is 40.7 Å². The van der Waals surface area contributed by atoms with Gasteiger partial charge < -0.3 is 15.4 Å². The molecule has 0 saturated heterocycles. The average molecular weight is 381 g/mol. The van der Waals surface area contributed by atoms with E-state index in [-0.39, 0.29) is 12.3 Å². The van der Waals surface area contributed by atoms with E-state index < -0.39 is 5.91 Å². The number of benzene rings is 2. The van der Waals surface area contributed by atoms with E-state index >= 15 is 0 Å². The van der Waals surface area contributed by atoms with Crippen molar-refractivity contribution in [1.29, 1.82) is 0 Å². The van der Waals surface area contributed by atoms with Crippen molar-refractivity contribution in [3.05, 3.63) is 58.1 Å². The van der Waals surface area contributed by atoms with Crippen molar-refractivity contribution in [2.45, 2.75) is 12.8 Å². The smallest absolute Gasteiger partial charge is 0.233 e. The van der Waals surface area contributed by atoms with Gasteiger partial charge in [-0.05, 0) is 36.2 Å². The van der Waals surface area contributed by atoms with Crippen molar-refractivity contribution in [3.8, 4) is 5.75 Å². The monoisotopic (exact) mass is 380 g/mol. The Kier molecular flexibility index (Phi) is 7.10. The van der Waals surface area contributed by atoms with Crippen LogP contribution >= 0.6 is 23.2 Å². The lowest BCUT2D eigenvalue weighted by Gasteiger charge is -2.08. The number of methoxy groups -OCH3 is 1. The zero-order chi connectivity index (χ0) is 18.2. The van der Waals surface area contributed by atoms with Gasteiger partial charge in [-0.2, -0.15) is 0 Å². The first-order chi connectivity index (χ1) is 12.0. The predicted octanol–water partition coefficient (Wildman–Crippen LogP) is 3.69. The summed E-state index contributed by atoms with van der Waals surface area (Å²) in [5, 5.41) is 6.47. The highest BCUT2D eigenvalue weighted by molar-refractivity contribution is 6.35. The number of nitrogens with one attached hydrogen (secondary N) is 2. The molecule has 0 unspecified atom stereocenters. The fourth-order valence-corrected chi connectivity index (χ4v) is 2.68. The molecule has 7 heteroatoms. The van der Waals surface area contributed by atoms with Gasteiger partial charge in [-0.15, -0.1) is 0 Å². The molecule has 2 rings (SSSR count). The Hall–Kier alpha value is -2.24. The van der Waals surface area contributed by atoms with E-state index in [1.807, 2.05) is 6.07 Å². The molecule has 0 aliphatic rings. The highest BCUT2D eigenvalue weighted by atomic mass is 35.5. The van der Waals surface area contributed by atoms with Crippen LogP contribution in [0.4, 0.5) is 5.69 Å². The maximum atomic E-state index is 11.9. The van der Waals surface area contributed by atoms with Gasteiger partial charge in [0, 0.05) is 28.3 Å². The Morgan fingerprint density at radius 3 is 2.60 bits per heavy atom. The van der Waals surface area contributed by atoms with E-state index in [4.69, 9.17) is 27.9 Å². The van der Waals surface area contributed by atoms with E-state index in [9.17, 15) is 9.59 Å². The van der Waals surface area contributed by atoms with Gasteiger partial charge in [0.15, 0.2) is 0 Å². The number of anilines is 1. The maximum Gasteiger partial charge on any atom is 0.233 e. The number of carbonyl (C=O) groups excluding carboxylic acids is 2. The SMILES string of the molecule is COc1cccc(NC(=O)CC(=O)NCCc2ccc(Cl)cc2Cl)c1. The zero-order valence-corrected chi connectivity index (χ0v) is 15.2. The summed E-state index contributed by atoms with van der Waals surface area (Å²) < 4.78 is 5.08. The summed E-state index contributed by atoms with van der Waals surface area (Å²) >= 11 is 11.9. The molecule has 0 aliphatic heterocycles. The van der Waals surface area contributed by atoms with Crippen molar-refractivity contribution in [2.75, 3.05) is 19.0 Å². The standard InChI is InChI=1S/C18H18Cl2N2O3/c1-25-15-4-2-3-14(10-15)22-18(24)11-17(23)21-8-7-12-5-6-13(19)9-16(12)20/h2-6,9-10H,7-8,11H2,1H3,(H,21,23)(H,22,24). The average Bonchev–Trinajstić information content (AvgIpc) is 2.56. The Labute approximate surface area is 156 Å². The molecule has 0 bridgehead atoms. The Morgan fingerprint density at radius 2 is 1.88 bits per heavy atom.